The Hall–Kier alpha value is 0.796. The summed E-state index contributed by atoms with van der Waals surface area (Å²) in [5, 5.41) is 7.95. The number of hydrogen-bond donors (Lipinski definition) is 2. The van der Waals surface area contributed by atoms with Crippen molar-refractivity contribution in [2.24, 2.45) is 0 Å². The predicted octanol–water partition coefficient (Wildman–Crippen LogP) is -3.93. The summed E-state index contributed by atoms with van der Waals surface area (Å²) in [6, 6.07) is 0. The molecule has 0 radical (unpaired) electrons. The fourth-order valence-corrected chi connectivity index (χ4v) is 0.535. The summed E-state index contributed by atoms with van der Waals surface area (Å²) in [5.74, 6) is -2.69. The largest absolute Gasteiger partial charge is 1.00 e. The first kappa shape index (κ1) is 14.3. The van der Waals surface area contributed by atoms with Crippen molar-refractivity contribution in [2.45, 2.75) is 0 Å². The van der Waals surface area contributed by atoms with E-state index in [0.717, 1.165) is 0 Å². The molecule has 0 aliphatic heterocycles. The Bertz CT molecular complexity index is 206. The molecule has 58 valence electrons. The molecule has 11 heavy (non-hydrogen) atoms. The summed E-state index contributed by atoms with van der Waals surface area (Å²) >= 11 is 0. The van der Waals surface area contributed by atoms with Gasteiger partial charge < -0.3 is 19.4 Å². The molecule has 1 unspecified atom stereocenters. The van der Waals surface area contributed by atoms with E-state index in [-0.39, 0.29) is 51.4 Å². The summed E-state index contributed by atoms with van der Waals surface area (Å²) < 4.78 is 13.2. The number of rotatable bonds is 3. The second-order valence-corrected chi connectivity index (χ2v) is 2.41. The standard InChI is InChI=1S/C3H5O6P.K/c1-2(3(4)5)9-10(6,7)8;/h1H2,(H,4,5)(H2,6,7,8);/q;+1/p-1/i1+1,2+1;. The number of carbonyl (C=O) groups is 1. The van der Waals surface area contributed by atoms with Gasteiger partial charge in [-0.15, -0.1) is 0 Å². The van der Waals surface area contributed by atoms with Crippen LogP contribution < -0.4 is 56.3 Å². The molecule has 0 spiro atoms. The molecule has 0 amide bonds. The van der Waals surface area contributed by atoms with Crippen LogP contribution in [0.15, 0.2) is 12.3 Å². The first-order valence-corrected chi connectivity index (χ1v) is 3.48. The van der Waals surface area contributed by atoms with Gasteiger partial charge in [0.2, 0.25) is 5.76 Å². The summed E-state index contributed by atoms with van der Waals surface area (Å²) in [7, 11) is -5.01. The number of phosphoric acid groups is 1. The molecule has 0 aromatic rings. The fourth-order valence-electron chi connectivity index (χ4n) is 0.178. The van der Waals surface area contributed by atoms with Gasteiger partial charge >= 0.3 is 65.2 Å². The van der Waals surface area contributed by atoms with E-state index in [9.17, 15) is 14.3 Å². The third-order valence-electron chi connectivity index (χ3n) is 0.464. The third-order valence-corrected chi connectivity index (χ3v) is 0.915. The van der Waals surface area contributed by atoms with E-state index in [1.807, 2.05) is 0 Å². The minimum atomic E-state index is -5.01. The Morgan fingerprint density at radius 2 is 2.00 bits per heavy atom. The van der Waals surface area contributed by atoms with Crippen LogP contribution in [0.3, 0.4) is 0 Å². The maximum atomic E-state index is 9.78. The number of carboxylic acids is 1. The topological polar surface area (TPSA) is 107 Å². The van der Waals surface area contributed by atoms with Gasteiger partial charge in [0, 0.05) is 0 Å². The molecular weight excluding hydrogens is 204 g/mol. The monoisotopic (exact) mass is 208 g/mol. The Morgan fingerprint density at radius 3 is 2.09 bits per heavy atom. The van der Waals surface area contributed by atoms with E-state index in [4.69, 9.17) is 10.00 Å². The Labute approximate surface area is 105 Å². The van der Waals surface area contributed by atoms with E-state index in [1.54, 1.807) is 0 Å². The number of hydrogen-bond acceptors (Lipinski definition) is 4. The zero-order valence-corrected chi connectivity index (χ0v) is 9.70. The van der Waals surface area contributed by atoms with Crippen molar-refractivity contribution < 1.29 is 80.2 Å². The predicted molar refractivity (Wildman–Crippen MR) is 27.7 cm³/mol. The van der Waals surface area contributed by atoms with Crippen molar-refractivity contribution in [1.29, 1.82) is 0 Å². The second-order valence-electron chi connectivity index (χ2n) is 1.29. The first-order chi connectivity index (χ1) is 4.33. The van der Waals surface area contributed by atoms with Crippen LogP contribution in [0.25, 0.3) is 0 Å². The molecule has 6 nitrogen and oxygen atoms in total. The number of phosphoric ester groups is 1. The zero-order valence-electron chi connectivity index (χ0n) is 5.68. The van der Waals surface area contributed by atoms with Gasteiger partial charge in [-0.25, -0.2) is 4.79 Å². The molecule has 0 aromatic carbocycles. The molecule has 1 atom stereocenters. The molecule has 0 fully saturated rings. The molecule has 0 aliphatic carbocycles. The summed E-state index contributed by atoms with van der Waals surface area (Å²) in [6.45, 7) is 2.69. The van der Waals surface area contributed by atoms with Gasteiger partial charge in [0.25, 0.3) is 0 Å². The SMILES string of the molecule is [13CH2]=[13C](OP(=O)([O-])O)C(=O)O.[K+]. The van der Waals surface area contributed by atoms with E-state index < -0.39 is 19.6 Å². The van der Waals surface area contributed by atoms with Gasteiger partial charge in [-0.3, -0.25) is 4.57 Å². The second kappa shape index (κ2) is 5.44. The Balaban J connectivity index is 0. The minimum Gasteiger partial charge on any atom is -0.746 e. The molecular formula is C3H4KO6P. The molecule has 0 aliphatic rings. The average Bonchev–Trinajstić information content (AvgIpc) is 1.60. The average molecular weight is 208 g/mol. The van der Waals surface area contributed by atoms with Crippen LogP contribution in [0.5, 0.6) is 0 Å². The summed E-state index contributed by atoms with van der Waals surface area (Å²) in [5.41, 5.74) is 0. The van der Waals surface area contributed by atoms with Gasteiger partial charge in [0.15, 0.2) is 0 Å². The normalized spacial score (nSPS) is 14.0. The summed E-state index contributed by atoms with van der Waals surface area (Å²) in [6.07, 6.45) is 0. The van der Waals surface area contributed by atoms with Crippen molar-refractivity contribution in [2.75, 3.05) is 0 Å². The summed E-state index contributed by atoms with van der Waals surface area (Å²) in [4.78, 5) is 27.5. The molecule has 8 heteroatoms. The first-order valence-electron chi connectivity index (χ1n) is 1.98. The van der Waals surface area contributed by atoms with E-state index in [2.05, 4.69) is 11.1 Å². The molecule has 0 rings (SSSR count). The maximum absolute atomic E-state index is 9.78. The van der Waals surface area contributed by atoms with Crippen molar-refractivity contribution in [1.82, 2.24) is 0 Å². The van der Waals surface area contributed by atoms with Crippen LogP contribution in [0.1, 0.15) is 0 Å². The van der Waals surface area contributed by atoms with Crippen molar-refractivity contribution in [3.8, 4) is 0 Å². The molecule has 2 N–H and O–H groups in total. The van der Waals surface area contributed by atoms with Crippen LogP contribution in [-0.4, -0.2) is 16.0 Å². The van der Waals surface area contributed by atoms with Gasteiger partial charge in [0.05, 0.1) is 0 Å². The van der Waals surface area contributed by atoms with Gasteiger partial charge in [0.1, 0.15) is 0 Å². The molecule has 0 saturated heterocycles. The molecule has 0 saturated carbocycles. The Morgan fingerprint density at radius 1 is 1.64 bits per heavy atom. The van der Waals surface area contributed by atoms with Crippen molar-refractivity contribution in [3.63, 3.8) is 0 Å². The van der Waals surface area contributed by atoms with E-state index in [1.165, 1.54) is 0 Å². The van der Waals surface area contributed by atoms with E-state index >= 15 is 0 Å². The van der Waals surface area contributed by atoms with Gasteiger partial charge in [-0.2, -0.15) is 0 Å². The molecule has 0 heterocycles. The van der Waals surface area contributed by atoms with Crippen LogP contribution in [0.2, 0.25) is 0 Å². The fraction of sp³-hybridized carbons (Fsp3) is 0. The van der Waals surface area contributed by atoms with Crippen LogP contribution in [0.4, 0.5) is 0 Å². The quantitative estimate of drug-likeness (QED) is 0.161. The number of aliphatic carboxylic acids is 1. The van der Waals surface area contributed by atoms with Crippen molar-refractivity contribution in [3.05, 3.63) is 12.3 Å². The Kier molecular flexibility index (Phi) is 7.09. The number of carboxylic acid groups (broad SMARTS) is 1. The van der Waals surface area contributed by atoms with Gasteiger partial charge in [-0.1, -0.05) is 0 Å². The molecule has 0 aromatic heterocycles. The van der Waals surface area contributed by atoms with Crippen LogP contribution in [-0.2, 0) is 13.9 Å². The van der Waals surface area contributed by atoms with Gasteiger partial charge in [-0.05, 0) is 6.58 Å². The maximum Gasteiger partial charge on any atom is 1.00 e. The van der Waals surface area contributed by atoms with E-state index in [0.29, 0.717) is 0 Å². The molecule has 0 bridgehead atoms. The smallest absolute Gasteiger partial charge is 0.746 e. The van der Waals surface area contributed by atoms with Crippen molar-refractivity contribution >= 4 is 13.8 Å². The van der Waals surface area contributed by atoms with Crippen LogP contribution >= 0.6 is 7.82 Å². The minimum absolute atomic E-state index is 0. The van der Waals surface area contributed by atoms with Crippen LogP contribution in [0, 0.1) is 0 Å². The zero-order chi connectivity index (χ0) is 8.36. The third kappa shape index (κ3) is 8.70.